The van der Waals surface area contributed by atoms with Crippen LogP contribution < -0.4 is 0 Å². The fourth-order valence-electron chi connectivity index (χ4n) is 9.33. The smallest absolute Gasteiger partial charge is 0.164 e. The maximum absolute atomic E-state index is 6.94. The third-order valence-electron chi connectivity index (χ3n) is 12.2. The second kappa shape index (κ2) is 14.0. The van der Waals surface area contributed by atoms with Crippen molar-refractivity contribution in [2.45, 2.75) is 0 Å². The Labute approximate surface area is 361 Å². The number of nitrogens with zero attached hydrogens (tertiary/aromatic N) is 4. The molecule has 0 aliphatic heterocycles. The van der Waals surface area contributed by atoms with Gasteiger partial charge >= 0.3 is 0 Å². The molecule has 0 spiro atoms. The van der Waals surface area contributed by atoms with Crippen LogP contribution in [0, 0.1) is 0 Å². The zero-order valence-corrected chi connectivity index (χ0v) is 33.7. The molecular formula is C57H34N4O2. The first-order valence-electron chi connectivity index (χ1n) is 21.1. The molecule has 0 N–H and O–H groups in total. The van der Waals surface area contributed by atoms with Crippen molar-refractivity contribution < 1.29 is 8.83 Å². The average molecular weight is 807 g/mol. The van der Waals surface area contributed by atoms with Gasteiger partial charge in [-0.2, -0.15) is 0 Å². The zero-order valence-electron chi connectivity index (χ0n) is 33.7. The zero-order chi connectivity index (χ0) is 41.4. The quantitative estimate of drug-likeness (QED) is 0.167. The van der Waals surface area contributed by atoms with Crippen molar-refractivity contribution in [2.24, 2.45) is 0 Å². The fraction of sp³-hybridized carbons (Fsp3) is 0. The Morgan fingerprint density at radius 3 is 1.75 bits per heavy atom. The average Bonchev–Trinajstić information content (AvgIpc) is 4.03. The number of hydrogen-bond acceptors (Lipinski definition) is 5. The van der Waals surface area contributed by atoms with Gasteiger partial charge in [0.05, 0.1) is 11.0 Å². The first-order chi connectivity index (χ1) is 31.2. The van der Waals surface area contributed by atoms with Crippen LogP contribution in [-0.2, 0) is 0 Å². The van der Waals surface area contributed by atoms with E-state index < -0.39 is 0 Å². The van der Waals surface area contributed by atoms with Gasteiger partial charge in [-0.15, -0.1) is 0 Å². The predicted octanol–water partition coefficient (Wildman–Crippen LogP) is 15.1. The molecule has 0 atom stereocenters. The SMILES string of the molecule is c1ccc(-c2ccc3c4ccccc4n(-c4cc(-c5ccccc5)c5oc6cccc(-c7nc(-c8ccccc8)nc(-c8ccc9oc%10ccccc%10c9c8)n7)c6c5c4)c3c2)cc1. The second-order valence-corrected chi connectivity index (χ2v) is 15.9. The van der Waals surface area contributed by atoms with E-state index in [1.165, 1.54) is 16.3 Å². The summed E-state index contributed by atoms with van der Waals surface area (Å²) in [5.74, 6) is 1.71. The van der Waals surface area contributed by atoms with Gasteiger partial charge in [-0.05, 0) is 71.3 Å². The lowest BCUT2D eigenvalue weighted by molar-refractivity contribution is 0.669. The lowest BCUT2D eigenvalue weighted by Crippen LogP contribution is -2.00. The molecular weight excluding hydrogens is 773 g/mol. The monoisotopic (exact) mass is 806 g/mol. The highest BCUT2D eigenvalue weighted by atomic mass is 16.3. The van der Waals surface area contributed by atoms with Crippen molar-refractivity contribution >= 4 is 65.7 Å². The molecule has 6 heteroatoms. The van der Waals surface area contributed by atoms with E-state index in [9.17, 15) is 0 Å². The summed E-state index contributed by atoms with van der Waals surface area (Å²) in [6, 6.07) is 71.6. The summed E-state index contributed by atoms with van der Waals surface area (Å²) in [4.78, 5) is 15.6. The van der Waals surface area contributed by atoms with E-state index in [-0.39, 0.29) is 0 Å². The van der Waals surface area contributed by atoms with Crippen LogP contribution in [0.5, 0.6) is 0 Å². The summed E-state index contributed by atoms with van der Waals surface area (Å²) in [5.41, 5.74) is 13.5. The number of furan rings is 2. The first kappa shape index (κ1) is 35.2. The highest BCUT2D eigenvalue weighted by Gasteiger charge is 2.23. The van der Waals surface area contributed by atoms with Crippen molar-refractivity contribution in [3.8, 4) is 62.1 Å². The van der Waals surface area contributed by atoms with Crippen LogP contribution in [0.4, 0.5) is 0 Å². The maximum Gasteiger partial charge on any atom is 0.164 e. The Morgan fingerprint density at radius 2 is 0.937 bits per heavy atom. The van der Waals surface area contributed by atoms with E-state index in [4.69, 9.17) is 23.8 Å². The summed E-state index contributed by atoms with van der Waals surface area (Å²) in [6.45, 7) is 0. The van der Waals surface area contributed by atoms with Crippen molar-refractivity contribution in [1.82, 2.24) is 19.5 Å². The van der Waals surface area contributed by atoms with Crippen LogP contribution in [0.3, 0.4) is 0 Å². The highest BCUT2D eigenvalue weighted by Crippen LogP contribution is 2.44. The molecule has 0 fully saturated rings. The van der Waals surface area contributed by atoms with Gasteiger partial charge in [0.1, 0.15) is 22.3 Å². The fourth-order valence-corrected chi connectivity index (χ4v) is 9.33. The molecule has 0 aliphatic carbocycles. The van der Waals surface area contributed by atoms with Gasteiger partial charge < -0.3 is 13.4 Å². The summed E-state index contributed by atoms with van der Waals surface area (Å²) in [7, 11) is 0. The van der Waals surface area contributed by atoms with E-state index in [0.717, 1.165) is 94.0 Å². The molecule has 63 heavy (non-hydrogen) atoms. The van der Waals surface area contributed by atoms with Crippen LogP contribution in [0.1, 0.15) is 0 Å². The molecule has 0 saturated carbocycles. The summed E-state index contributed by atoms with van der Waals surface area (Å²) >= 11 is 0. The molecule has 4 aromatic heterocycles. The van der Waals surface area contributed by atoms with E-state index in [1.54, 1.807) is 0 Å². The van der Waals surface area contributed by atoms with Crippen LogP contribution in [0.2, 0.25) is 0 Å². The van der Waals surface area contributed by atoms with Gasteiger partial charge in [-0.1, -0.05) is 152 Å². The molecule has 0 radical (unpaired) electrons. The lowest BCUT2D eigenvalue weighted by atomic mass is 9.99. The van der Waals surface area contributed by atoms with Crippen molar-refractivity contribution in [3.63, 3.8) is 0 Å². The van der Waals surface area contributed by atoms with Crippen LogP contribution >= 0.6 is 0 Å². The normalized spacial score (nSPS) is 11.8. The minimum absolute atomic E-state index is 0.556. The molecule has 0 bridgehead atoms. The molecule has 0 aliphatic rings. The minimum atomic E-state index is 0.556. The van der Waals surface area contributed by atoms with E-state index in [2.05, 4.69) is 138 Å². The first-order valence-corrected chi connectivity index (χ1v) is 21.1. The van der Waals surface area contributed by atoms with Crippen molar-refractivity contribution in [1.29, 1.82) is 0 Å². The van der Waals surface area contributed by atoms with Crippen LogP contribution in [0.25, 0.3) is 128 Å². The van der Waals surface area contributed by atoms with E-state index in [1.807, 2.05) is 72.8 Å². The standard InChI is InChI=1S/C57H34N4O2/c1-4-15-35(16-5-1)38-27-29-42-41-21-10-12-24-48(41)61(49(42)32-38)40-33-45(36-17-6-2-7-18-36)54-47(34-40)53-44(23-14-26-52(53)63-54)57-59-55(37-19-8-3-9-20-37)58-56(60-57)39-28-30-51-46(31-39)43-22-11-13-25-50(43)62-51/h1-34H. The van der Waals surface area contributed by atoms with Gasteiger partial charge in [0, 0.05) is 60.3 Å². The maximum atomic E-state index is 6.94. The van der Waals surface area contributed by atoms with Gasteiger partial charge in [-0.3, -0.25) is 0 Å². The van der Waals surface area contributed by atoms with Crippen molar-refractivity contribution in [3.05, 3.63) is 206 Å². The number of aromatic nitrogens is 4. The largest absolute Gasteiger partial charge is 0.456 e. The van der Waals surface area contributed by atoms with Gasteiger partial charge in [0.25, 0.3) is 0 Å². The van der Waals surface area contributed by atoms with Gasteiger partial charge in [-0.25, -0.2) is 15.0 Å². The molecule has 9 aromatic carbocycles. The van der Waals surface area contributed by atoms with Gasteiger partial charge in [0.15, 0.2) is 17.5 Å². The Bertz CT molecular complexity index is 3900. The van der Waals surface area contributed by atoms with Crippen molar-refractivity contribution in [2.75, 3.05) is 0 Å². The Kier molecular flexibility index (Phi) is 7.80. The number of rotatable bonds is 6. The minimum Gasteiger partial charge on any atom is -0.456 e. The molecule has 294 valence electrons. The Balaban J connectivity index is 1.09. The molecule has 0 unspecified atom stereocenters. The van der Waals surface area contributed by atoms with Crippen LogP contribution in [0.15, 0.2) is 215 Å². The summed E-state index contributed by atoms with van der Waals surface area (Å²) in [6.07, 6.45) is 0. The van der Waals surface area contributed by atoms with Crippen LogP contribution in [-0.4, -0.2) is 19.5 Å². The van der Waals surface area contributed by atoms with Gasteiger partial charge in [0.2, 0.25) is 0 Å². The molecule has 13 rings (SSSR count). The van der Waals surface area contributed by atoms with E-state index >= 15 is 0 Å². The number of fused-ring (bicyclic) bond motifs is 9. The molecule has 4 heterocycles. The lowest BCUT2D eigenvalue weighted by Gasteiger charge is -2.13. The highest BCUT2D eigenvalue weighted by molar-refractivity contribution is 6.17. The summed E-state index contributed by atoms with van der Waals surface area (Å²) < 4.78 is 15.5. The predicted molar refractivity (Wildman–Crippen MR) is 256 cm³/mol. The number of hydrogen-bond donors (Lipinski definition) is 0. The Morgan fingerprint density at radius 1 is 0.317 bits per heavy atom. The van der Waals surface area contributed by atoms with E-state index in [0.29, 0.717) is 17.5 Å². The third kappa shape index (κ3) is 5.69. The molecule has 0 saturated heterocycles. The second-order valence-electron chi connectivity index (χ2n) is 15.9. The summed E-state index contributed by atoms with van der Waals surface area (Å²) in [5, 5.41) is 6.35. The number of benzene rings is 9. The number of para-hydroxylation sites is 2. The molecule has 6 nitrogen and oxygen atoms in total. The molecule has 13 aromatic rings. The topological polar surface area (TPSA) is 69.9 Å². The third-order valence-corrected chi connectivity index (χ3v) is 12.2. The Hall–Kier alpha value is -8.61. The molecule has 0 amide bonds.